The van der Waals surface area contributed by atoms with Gasteiger partial charge in [-0.25, -0.2) is 0 Å². The second-order valence-corrected chi connectivity index (χ2v) is 8.68. The molecule has 2 spiro atoms. The van der Waals surface area contributed by atoms with Gasteiger partial charge in [0.2, 0.25) is 0 Å². The molecule has 4 heteroatoms. The molecule has 2 heterocycles. The van der Waals surface area contributed by atoms with Crippen LogP contribution in [0.4, 0.5) is 0 Å². The van der Waals surface area contributed by atoms with Crippen LogP contribution in [0.1, 0.15) is 64.0 Å². The van der Waals surface area contributed by atoms with E-state index in [4.69, 9.17) is 14.3 Å². The van der Waals surface area contributed by atoms with Crippen LogP contribution in [0, 0.1) is 11.8 Å². The first kappa shape index (κ1) is 17.6. The summed E-state index contributed by atoms with van der Waals surface area (Å²) in [7, 11) is 0. The standard InChI is InChI=1S/C22H27NO3/c1-20(2,3)18-6-4-5-17(15-18)7-8-19-16-21(26-23-19)9-11-22(12-10-21)24-13-14-25-22/h4-6,15H,9-14,16H2,1-3H3. The van der Waals surface area contributed by atoms with Gasteiger partial charge in [0.25, 0.3) is 0 Å². The fraction of sp³-hybridized carbons (Fsp3) is 0.591. The lowest BCUT2D eigenvalue weighted by Crippen LogP contribution is -2.43. The highest BCUT2D eigenvalue weighted by molar-refractivity contribution is 6.01. The largest absolute Gasteiger partial charge is 0.388 e. The molecule has 4 nitrogen and oxygen atoms in total. The molecule has 0 aromatic heterocycles. The smallest absolute Gasteiger partial charge is 0.168 e. The van der Waals surface area contributed by atoms with Gasteiger partial charge < -0.3 is 14.3 Å². The molecule has 1 aliphatic carbocycles. The molecule has 1 aromatic carbocycles. The average molecular weight is 353 g/mol. The molecule has 3 aliphatic rings. The number of nitrogens with zero attached hydrogens (tertiary/aromatic N) is 1. The molecule has 0 unspecified atom stereocenters. The Balaban J connectivity index is 1.41. The monoisotopic (exact) mass is 353 g/mol. The molecule has 2 fully saturated rings. The number of rotatable bonds is 0. The van der Waals surface area contributed by atoms with Crippen LogP contribution < -0.4 is 0 Å². The molecule has 1 saturated heterocycles. The molecule has 1 saturated carbocycles. The van der Waals surface area contributed by atoms with Crippen molar-refractivity contribution in [2.45, 2.75) is 69.7 Å². The third kappa shape index (κ3) is 3.51. The van der Waals surface area contributed by atoms with Gasteiger partial charge in [0.05, 0.1) is 13.2 Å². The van der Waals surface area contributed by atoms with Crippen molar-refractivity contribution in [3.05, 3.63) is 35.4 Å². The van der Waals surface area contributed by atoms with E-state index >= 15 is 0 Å². The molecule has 26 heavy (non-hydrogen) atoms. The first-order valence-electron chi connectivity index (χ1n) is 9.54. The maximum absolute atomic E-state index is 5.84. The summed E-state index contributed by atoms with van der Waals surface area (Å²) in [5, 5.41) is 4.28. The highest BCUT2D eigenvalue weighted by atomic mass is 16.7. The molecule has 0 N–H and O–H groups in total. The highest BCUT2D eigenvalue weighted by Gasteiger charge is 2.50. The molecule has 0 radical (unpaired) electrons. The van der Waals surface area contributed by atoms with Crippen LogP contribution in [0.15, 0.2) is 29.4 Å². The Bertz CT molecular complexity index is 763. The minimum atomic E-state index is -0.365. The van der Waals surface area contributed by atoms with Crippen molar-refractivity contribution < 1.29 is 14.3 Å². The fourth-order valence-electron chi connectivity index (χ4n) is 3.94. The molecule has 138 valence electrons. The van der Waals surface area contributed by atoms with Crippen LogP contribution in [0.3, 0.4) is 0 Å². The highest BCUT2D eigenvalue weighted by Crippen LogP contribution is 2.45. The van der Waals surface area contributed by atoms with Gasteiger partial charge in [-0.1, -0.05) is 44.0 Å². The van der Waals surface area contributed by atoms with Gasteiger partial charge in [-0.05, 0) is 41.9 Å². The molecule has 1 aromatic rings. The maximum atomic E-state index is 5.84. The van der Waals surface area contributed by atoms with Gasteiger partial charge >= 0.3 is 0 Å². The Kier molecular flexibility index (Phi) is 4.33. The van der Waals surface area contributed by atoms with E-state index in [-0.39, 0.29) is 16.8 Å². The first-order valence-corrected chi connectivity index (χ1v) is 9.54. The van der Waals surface area contributed by atoms with Crippen molar-refractivity contribution in [3.8, 4) is 11.8 Å². The van der Waals surface area contributed by atoms with E-state index in [1.54, 1.807) is 0 Å². The summed E-state index contributed by atoms with van der Waals surface area (Å²) >= 11 is 0. The van der Waals surface area contributed by atoms with E-state index in [9.17, 15) is 0 Å². The van der Waals surface area contributed by atoms with Crippen LogP contribution in [0.5, 0.6) is 0 Å². The van der Waals surface area contributed by atoms with E-state index in [2.05, 4.69) is 56.0 Å². The van der Waals surface area contributed by atoms with Crippen molar-refractivity contribution >= 4 is 5.71 Å². The van der Waals surface area contributed by atoms with Crippen molar-refractivity contribution in [2.75, 3.05) is 13.2 Å². The number of ether oxygens (including phenoxy) is 2. The van der Waals surface area contributed by atoms with Crippen LogP contribution in [0.25, 0.3) is 0 Å². The number of benzene rings is 1. The van der Waals surface area contributed by atoms with Gasteiger partial charge in [0, 0.05) is 24.8 Å². The predicted octanol–water partition coefficient (Wildman–Crippen LogP) is 4.17. The molecule has 2 aliphatic heterocycles. The van der Waals surface area contributed by atoms with Gasteiger partial charge in [-0.15, -0.1) is 0 Å². The molecule has 0 amide bonds. The van der Waals surface area contributed by atoms with E-state index in [1.807, 2.05) is 6.07 Å². The van der Waals surface area contributed by atoms with Crippen LogP contribution in [0.2, 0.25) is 0 Å². The Labute approximate surface area is 155 Å². The van der Waals surface area contributed by atoms with Gasteiger partial charge in [-0.2, -0.15) is 0 Å². The quantitative estimate of drug-likeness (QED) is 0.657. The summed E-state index contributed by atoms with van der Waals surface area (Å²) in [5.41, 5.74) is 3.07. The van der Waals surface area contributed by atoms with Crippen LogP contribution in [-0.4, -0.2) is 30.3 Å². The second kappa shape index (κ2) is 6.40. The number of hydrogen-bond donors (Lipinski definition) is 0. The van der Waals surface area contributed by atoms with Crippen molar-refractivity contribution in [1.29, 1.82) is 0 Å². The number of oxime groups is 1. The Morgan fingerprint density at radius 1 is 1.00 bits per heavy atom. The van der Waals surface area contributed by atoms with Crippen molar-refractivity contribution in [1.82, 2.24) is 0 Å². The lowest BCUT2D eigenvalue weighted by molar-refractivity contribution is -0.206. The van der Waals surface area contributed by atoms with Crippen LogP contribution in [-0.2, 0) is 19.7 Å². The third-order valence-electron chi connectivity index (χ3n) is 5.66. The minimum Gasteiger partial charge on any atom is -0.388 e. The second-order valence-electron chi connectivity index (χ2n) is 8.68. The summed E-state index contributed by atoms with van der Waals surface area (Å²) < 4.78 is 11.6. The summed E-state index contributed by atoms with van der Waals surface area (Å²) in [6.45, 7) is 8.05. The maximum Gasteiger partial charge on any atom is 0.168 e. The zero-order chi connectivity index (χ0) is 18.3. The molecule has 0 bridgehead atoms. The average Bonchev–Trinajstić information content (AvgIpc) is 3.24. The zero-order valence-electron chi connectivity index (χ0n) is 15.9. The lowest BCUT2D eigenvalue weighted by Gasteiger charge is -2.39. The first-order chi connectivity index (χ1) is 12.4. The fourth-order valence-corrected chi connectivity index (χ4v) is 3.94. The Hall–Kier alpha value is -1.83. The zero-order valence-corrected chi connectivity index (χ0v) is 15.9. The van der Waals surface area contributed by atoms with Crippen molar-refractivity contribution in [3.63, 3.8) is 0 Å². The third-order valence-corrected chi connectivity index (χ3v) is 5.66. The topological polar surface area (TPSA) is 40.0 Å². The Morgan fingerprint density at radius 2 is 1.73 bits per heavy atom. The Morgan fingerprint density at radius 3 is 2.42 bits per heavy atom. The molecular formula is C22H27NO3. The SMILES string of the molecule is CC(C)(C)c1cccc(C#CC2=NOC3(CCC4(CC3)OCCO4)C2)c1. The van der Waals surface area contributed by atoms with Gasteiger partial charge in [0.1, 0.15) is 11.3 Å². The van der Waals surface area contributed by atoms with E-state index in [0.29, 0.717) is 13.2 Å². The van der Waals surface area contributed by atoms with E-state index in [1.165, 1.54) is 5.56 Å². The summed E-state index contributed by atoms with van der Waals surface area (Å²) in [5.74, 6) is 6.12. The molecule has 0 atom stereocenters. The predicted molar refractivity (Wildman–Crippen MR) is 101 cm³/mol. The normalized spacial score (nSPS) is 23.4. The van der Waals surface area contributed by atoms with E-state index in [0.717, 1.165) is 43.4 Å². The van der Waals surface area contributed by atoms with Gasteiger partial charge in [0.15, 0.2) is 5.79 Å². The van der Waals surface area contributed by atoms with Crippen LogP contribution >= 0.6 is 0 Å². The van der Waals surface area contributed by atoms with E-state index < -0.39 is 0 Å². The molecular weight excluding hydrogens is 326 g/mol. The number of hydrogen-bond acceptors (Lipinski definition) is 4. The van der Waals surface area contributed by atoms with Crippen molar-refractivity contribution in [2.24, 2.45) is 5.16 Å². The minimum absolute atomic E-state index is 0.123. The summed E-state index contributed by atoms with van der Waals surface area (Å²) in [4.78, 5) is 5.84. The van der Waals surface area contributed by atoms with Gasteiger partial charge in [-0.3, -0.25) is 0 Å². The molecule has 4 rings (SSSR count). The summed E-state index contributed by atoms with van der Waals surface area (Å²) in [6.07, 6.45) is 4.34. The lowest BCUT2D eigenvalue weighted by atomic mass is 9.78. The summed E-state index contributed by atoms with van der Waals surface area (Å²) in [6, 6.07) is 8.44.